The Morgan fingerprint density at radius 2 is 1.68 bits per heavy atom. The van der Waals surface area contributed by atoms with Crippen molar-refractivity contribution < 1.29 is 19.1 Å². The molecule has 0 saturated carbocycles. The fourth-order valence-corrected chi connectivity index (χ4v) is 2.05. The van der Waals surface area contributed by atoms with E-state index in [9.17, 15) is 14.4 Å². The molecule has 22 heavy (non-hydrogen) atoms. The van der Waals surface area contributed by atoms with Gasteiger partial charge in [-0.1, -0.05) is 29.8 Å². The molecule has 0 aliphatic carbocycles. The molecule has 0 fully saturated rings. The second-order valence-electron chi connectivity index (χ2n) is 5.09. The predicted molar refractivity (Wildman–Crippen MR) is 83.6 cm³/mol. The molecule has 5 heteroatoms. The van der Waals surface area contributed by atoms with Crippen molar-refractivity contribution in [1.29, 1.82) is 0 Å². The average Bonchev–Trinajstić information content (AvgIpc) is 2.53. The maximum Gasteiger partial charge on any atom is 0.307 e. The summed E-state index contributed by atoms with van der Waals surface area (Å²) in [5.74, 6) is -0.508. The first kappa shape index (κ1) is 17.9. The Balaban J connectivity index is 2.47. The molecule has 120 valence electrons. The highest BCUT2D eigenvalue weighted by atomic mass is 16.5. The summed E-state index contributed by atoms with van der Waals surface area (Å²) in [4.78, 5) is 36.8. The van der Waals surface area contributed by atoms with Crippen molar-refractivity contribution in [3.05, 3.63) is 35.4 Å². The number of rotatable bonds is 8. The van der Waals surface area contributed by atoms with Gasteiger partial charge in [-0.2, -0.15) is 0 Å². The number of ketones is 1. The van der Waals surface area contributed by atoms with Gasteiger partial charge in [0.15, 0.2) is 5.78 Å². The first-order chi connectivity index (χ1) is 10.5. The van der Waals surface area contributed by atoms with Crippen molar-refractivity contribution in [1.82, 2.24) is 4.90 Å². The maximum absolute atomic E-state index is 12.1. The fraction of sp³-hybridized carbons (Fsp3) is 0.471. The third kappa shape index (κ3) is 5.68. The molecule has 1 rings (SSSR count). The van der Waals surface area contributed by atoms with Gasteiger partial charge >= 0.3 is 5.97 Å². The summed E-state index contributed by atoms with van der Waals surface area (Å²) in [6.45, 7) is 4.63. The Morgan fingerprint density at radius 1 is 1.05 bits per heavy atom. The van der Waals surface area contributed by atoms with Crippen LogP contribution in [0.3, 0.4) is 0 Å². The van der Waals surface area contributed by atoms with Crippen molar-refractivity contribution in [3.8, 4) is 0 Å². The number of hydrogen-bond donors (Lipinski definition) is 0. The van der Waals surface area contributed by atoms with Gasteiger partial charge in [-0.25, -0.2) is 0 Å². The smallest absolute Gasteiger partial charge is 0.307 e. The molecule has 0 radical (unpaired) electrons. The monoisotopic (exact) mass is 305 g/mol. The molecule has 0 unspecified atom stereocenters. The highest BCUT2D eigenvalue weighted by Gasteiger charge is 2.15. The quantitative estimate of drug-likeness (QED) is 0.546. The third-order valence-corrected chi connectivity index (χ3v) is 3.49. The van der Waals surface area contributed by atoms with Crippen LogP contribution in [0.15, 0.2) is 24.3 Å². The Labute approximate surface area is 131 Å². The molecule has 0 N–H and O–H groups in total. The summed E-state index contributed by atoms with van der Waals surface area (Å²) in [5.41, 5.74) is 1.71. The van der Waals surface area contributed by atoms with Crippen LogP contribution >= 0.6 is 0 Å². The second kappa shape index (κ2) is 8.97. The lowest BCUT2D eigenvalue weighted by Gasteiger charge is -2.20. The van der Waals surface area contributed by atoms with Gasteiger partial charge in [-0.15, -0.1) is 0 Å². The number of carbonyl (C=O) groups excluding carboxylic acids is 3. The van der Waals surface area contributed by atoms with E-state index in [1.165, 1.54) is 7.11 Å². The Bertz CT molecular complexity index is 522. The third-order valence-electron chi connectivity index (χ3n) is 3.49. The number of ether oxygens (including phenoxy) is 1. The van der Waals surface area contributed by atoms with Gasteiger partial charge < -0.3 is 9.64 Å². The highest BCUT2D eigenvalue weighted by molar-refractivity contribution is 5.98. The van der Waals surface area contributed by atoms with Gasteiger partial charge in [0.05, 0.1) is 13.5 Å². The molecule has 1 aromatic rings. The summed E-state index contributed by atoms with van der Waals surface area (Å²) in [7, 11) is 1.32. The van der Waals surface area contributed by atoms with E-state index in [4.69, 9.17) is 0 Å². The van der Waals surface area contributed by atoms with Crippen LogP contribution in [0, 0.1) is 6.92 Å². The minimum atomic E-state index is -0.345. The topological polar surface area (TPSA) is 63.7 Å². The highest BCUT2D eigenvalue weighted by Crippen LogP contribution is 2.09. The van der Waals surface area contributed by atoms with Crippen LogP contribution < -0.4 is 0 Å². The second-order valence-corrected chi connectivity index (χ2v) is 5.09. The molecule has 0 aliphatic rings. The zero-order valence-corrected chi connectivity index (χ0v) is 13.4. The molecule has 0 saturated heterocycles. The minimum absolute atomic E-state index is 0.0441. The molecule has 1 aromatic carbocycles. The van der Waals surface area contributed by atoms with E-state index in [2.05, 4.69) is 4.74 Å². The van der Waals surface area contributed by atoms with Gasteiger partial charge in [0.1, 0.15) is 0 Å². The van der Waals surface area contributed by atoms with Crippen LogP contribution in [0.25, 0.3) is 0 Å². The van der Waals surface area contributed by atoms with E-state index in [0.29, 0.717) is 18.7 Å². The lowest BCUT2D eigenvalue weighted by atomic mass is 10.0. The number of hydrogen-bond acceptors (Lipinski definition) is 4. The standard InChI is InChI=1S/C17H23NO4/c1-4-18(12-11-17(21)22-3)16(20)10-9-15(19)14-7-5-13(2)6-8-14/h5-8H,4,9-12H2,1-3H3. The van der Waals surface area contributed by atoms with Gasteiger partial charge in [0.25, 0.3) is 0 Å². The van der Waals surface area contributed by atoms with E-state index in [-0.39, 0.29) is 36.9 Å². The average molecular weight is 305 g/mol. The number of nitrogens with zero attached hydrogens (tertiary/aromatic N) is 1. The van der Waals surface area contributed by atoms with E-state index in [0.717, 1.165) is 5.56 Å². The number of esters is 1. The van der Waals surface area contributed by atoms with E-state index in [1.54, 1.807) is 17.0 Å². The molecule has 1 amide bonds. The number of Topliss-reactive ketones (excluding diaryl/α,β-unsaturated/α-hetero) is 1. The largest absolute Gasteiger partial charge is 0.469 e. The number of aryl methyl sites for hydroxylation is 1. The summed E-state index contributed by atoms with van der Waals surface area (Å²) >= 11 is 0. The number of benzene rings is 1. The van der Waals surface area contributed by atoms with E-state index < -0.39 is 0 Å². The molecule has 0 heterocycles. The van der Waals surface area contributed by atoms with Crippen LogP contribution in [0.4, 0.5) is 0 Å². The lowest BCUT2D eigenvalue weighted by molar-refractivity contribution is -0.141. The van der Waals surface area contributed by atoms with E-state index in [1.807, 2.05) is 26.0 Å². The summed E-state index contributed by atoms with van der Waals surface area (Å²) in [5, 5.41) is 0. The summed E-state index contributed by atoms with van der Waals surface area (Å²) < 4.78 is 4.56. The molecular weight excluding hydrogens is 282 g/mol. The van der Waals surface area contributed by atoms with Gasteiger partial charge in [-0.05, 0) is 13.8 Å². The van der Waals surface area contributed by atoms with Crippen LogP contribution in [0.5, 0.6) is 0 Å². The van der Waals surface area contributed by atoms with Crippen molar-refractivity contribution >= 4 is 17.7 Å². The van der Waals surface area contributed by atoms with Crippen LogP contribution in [-0.4, -0.2) is 42.8 Å². The summed E-state index contributed by atoms with van der Waals surface area (Å²) in [6.07, 6.45) is 0.500. The van der Waals surface area contributed by atoms with Crippen LogP contribution in [-0.2, 0) is 14.3 Å². The van der Waals surface area contributed by atoms with Crippen molar-refractivity contribution in [3.63, 3.8) is 0 Å². The Hall–Kier alpha value is -2.17. The molecule has 0 aliphatic heterocycles. The first-order valence-corrected chi connectivity index (χ1v) is 7.42. The van der Waals surface area contributed by atoms with Crippen LogP contribution in [0.1, 0.15) is 42.1 Å². The van der Waals surface area contributed by atoms with Crippen molar-refractivity contribution in [2.24, 2.45) is 0 Å². The normalized spacial score (nSPS) is 10.1. The van der Waals surface area contributed by atoms with Crippen molar-refractivity contribution in [2.45, 2.75) is 33.1 Å². The predicted octanol–water partition coefficient (Wildman–Crippen LogP) is 2.37. The number of carbonyl (C=O) groups is 3. The SMILES string of the molecule is CCN(CCC(=O)OC)C(=O)CCC(=O)c1ccc(C)cc1. The van der Waals surface area contributed by atoms with Crippen molar-refractivity contribution in [2.75, 3.05) is 20.2 Å². The fourth-order valence-electron chi connectivity index (χ4n) is 2.05. The Kier molecular flexibility index (Phi) is 7.29. The number of methoxy groups -OCH3 is 1. The zero-order chi connectivity index (χ0) is 16.5. The van der Waals surface area contributed by atoms with Gasteiger partial charge in [0.2, 0.25) is 5.91 Å². The molecule has 0 spiro atoms. The number of amides is 1. The molecule has 0 atom stereocenters. The van der Waals surface area contributed by atoms with Gasteiger partial charge in [0, 0.05) is 31.5 Å². The summed E-state index contributed by atoms with van der Waals surface area (Å²) in [6, 6.07) is 7.31. The molecule has 5 nitrogen and oxygen atoms in total. The first-order valence-electron chi connectivity index (χ1n) is 7.42. The lowest BCUT2D eigenvalue weighted by Crippen LogP contribution is -2.33. The Morgan fingerprint density at radius 3 is 2.23 bits per heavy atom. The molecule has 0 bridgehead atoms. The molecular formula is C17H23NO4. The molecule has 0 aromatic heterocycles. The minimum Gasteiger partial charge on any atom is -0.469 e. The maximum atomic E-state index is 12.1. The van der Waals surface area contributed by atoms with Crippen LogP contribution in [0.2, 0.25) is 0 Å². The van der Waals surface area contributed by atoms with E-state index >= 15 is 0 Å². The van der Waals surface area contributed by atoms with Gasteiger partial charge in [-0.3, -0.25) is 14.4 Å². The zero-order valence-electron chi connectivity index (χ0n) is 13.4.